The van der Waals surface area contributed by atoms with Crippen molar-refractivity contribution in [3.05, 3.63) is 79.1 Å². The largest absolute Gasteiger partial charge is 0.396 e. The first-order valence-electron chi connectivity index (χ1n) is 6.93. The van der Waals surface area contributed by atoms with E-state index in [2.05, 4.69) is 33.5 Å². The fraction of sp³-hybridized carbons (Fsp3) is 0.0714. The average molecular weight is 277 g/mol. The Morgan fingerprint density at radius 1 is 0.810 bits per heavy atom. The summed E-state index contributed by atoms with van der Waals surface area (Å²) in [5.41, 5.74) is 1.21. The molecule has 0 aromatic carbocycles. The molecule has 6 nitrogen and oxygen atoms in total. The van der Waals surface area contributed by atoms with Gasteiger partial charge in [-0.2, -0.15) is 5.47 Å². The number of aromatic nitrogens is 6. The Morgan fingerprint density at radius 2 is 1.33 bits per heavy atom. The quantitative estimate of drug-likeness (QED) is 0.680. The van der Waals surface area contributed by atoms with Gasteiger partial charge in [-0.1, -0.05) is 18.2 Å². The highest BCUT2D eigenvalue weighted by molar-refractivity contribution is 6.81. The van der Waals surface area contributed by atoms with Crippen LogP contribution in [0, 0.1) is 0 Å². The molecule has 0 spiro atoms. The molecule has 3 heterocycles. The van der Waals surface area contributed by atoms with Crippen LogP contribution >= 0.6 is 0 Å². The van der Waals surface area contributed by atoms with Crippen molar-refractivity contribution in [3.8, 4) is 0 Å². The van der Waals surface area contributed by atoms with Crippen molar-refractivity contribution in [2.45, 2.75) is 6.42 Å². The monoisotopic (exact) mass is 277 g/mol. The van der Waals surface area contributed by atoms with Gasteiger partial charge in [-0.3, -0.25) is 0 Å². The van der Waals surface area contributed by atoms with E-state index in [9.17, 15) is 0 Å². The summed E-state index contributed by atoms with van der Waals surface area (Å²) in [7, 11) is 0. The van der Waals surface area contributed by atoms with Crippen LogP contribution in [0.25, 0.3) is 0 Å². The highest BCUT2D eigenvalue weighted by Gasteiger charge is 2.38. The van der Waals surface area contributed by atoms with E-state index < -0.39 is 6.55 Å². The highest BCUT2D eigenvalue weighted by Crippen LogP contribution is 2.26. The van der Waals surface area contributed by atoms with Gasteiger partial charge in [0.05, 0.1) is 0 Å². The first-order chi connectivity index (χ1) is 10.4. The third kappa shape index (κ3) is 1.64. The number of allylic oxidation sites excluding steroid dienone is 4. The van der Waals surface area contributed by atoms with Crippen LogP contribution in [0.2, 0.25) is 0 Å². The van der Waals surface area contributed by atoms with Crippen LogP contribution in [0.5, 0.6) is 0 Å². The van der Waals surface area contributed by atoms with Gasteiger partial charge in [0.15, 0.2) is 0 Å². The minimum absolute atomic E-state index is 0.861. The van der Waals surface area contributed by atoms with E-state index in [1.54, 1.807) is 18.6 Å². The molecule has 0 saturated carbocycles. The molecule has 0 N–H and O–H groups in total. The third-order valence-corrected chi connectivity index (χ3v) is 3.98. The lowest BCUT2D eigenvalue weighted by atomic mass is 9.52. The summed E-state index contributed by atoms with van der Waals surface area (Å²) in [5, 5.41) is 13.5. The van der Waals surface area contributed by atoms with Gasteiger partial charge in [-0.25, -0.2) is 15.3 Å². The van der Waals surface area contributed by atoms with Gasteiger partial charge in [0.1, 0.15) is 0 Å². The molecule has 3 aromatic rings. The maximum absolute atomic E-state index is 4.50. The molecule has 4 rings (SSSR count). The van der Waals surface area contributed by atoms with Gasteiger partial charge in [0, 0.05) is 18.6 Å². The van der Waals surface area contributed by atoms with Crippen LogP contribution < -0.4 is 0 Å². The van der Waals surface area contributed by atoms with E-state index in [1.807, 2.05) is 50.6 Å². The van der Waals surface area contributed by atoms with Gasteiger partial charge in [-0.15, -0.1) is 0 Å². The van der Waals surface area contributed by atoms with Crippen molar-refractivity contribution in [1.82, 2.24) is 29.1 Å². The van der Waals surface area contributed by atoms with Gasteiger partial charge in [0.25, 0.3) is 0 Å². The van der Waals surface area contributed by atoms with Gasteiger partial charge in [-0.05, 0) is 43.2 Å². The predicted octanol–water partition coefficient (Wildman–Crippen LogP) is 1.59. The average Bonchev–Trinajstić information content (AvgIpc) is 3.32. The minimum atomic E-state index is -1.58. The number of hydrogen-bond donors (Lipinski definition) is 0. The van der Waals surface area contributed by atoms with E-state index in [-0.39, 0.29) is 0 Å². The SMILES string of the molecule is C1=CCC([B-](n2cccn2)(n2cccn2)n2cccn2)=C1. The van der Waals surface area contributed by atoms with Gasteiger partial charge in [0.2, 0.25) is 0 Å². The molecule has 3 aromatic heterocycles. The predicted molar refractivity (Wildman–Crippen MR) is 80.5 cm³/mol. The van der Waals surface area contributed by atoms with Crippen molar-refractivity contribution < 1.29 is 0 Å². The zero-order valence-electron chi connectivity index (χ0n) is 11.4. The number of rotatable bonds is 4. The molecule has 1 aliphatic carbocycles. The van der Waals surface area contributed by atoms with E-state index in [0.717, 1.165) is 6.42 Å². The minimum Gasteiger partial charge on any atom is -0.396 e. The Labute approximate surface area is 122 Å². The summed E-state index contributed by atoms with van der Waals surface area (Å²) in [4.78, 5) is 0. The summed E-state index contributed by atoms with van der Waals surface area (Å²) >= 11 is 0. The van der Waals surface area contributed by atoms with E-state index in [4.69, 9.17) is 0 Å². The first kappa shape index (κ1) is 12.0. The van der Waals surface area contributed by atoms with Crippen LogP contribution in [0.4, 0.5) is 0 Å². The molecule has 0 aliphatic heterocycles. The lowest BCUT2D eigenvalue weighted by molar-refractivity contribution is 0.731. The second kappa shape index (κ2) is 4.62. The van der Waals surface area contributed by atoms with E-state index >= 15 is 0 Å². The fourth-order valence-corrected chi connectivity index (χ4v) is 3.11. The molecule has 0 radical (unpaired) electrons. The molecule has 21 heavy (non-hydrogen) atoms. The lowest BCUT2D eigenvalue weighted by Crippen LogP contribution is -2.60. The zero-order valence-corrected chi connectivity index (χ0v) is 11.4. The third-order valence-electron chi connectivity index (χ3n) is 3.98. The molecule has 104 valence electrons. The summed E-state index contributed by atoms with van der Waals surface area (Å²) in [5.74, 6) is 0. The number of hydrogen-bond acceptors (Lipinski definition) is 3. The molecule has 1 aliphatic rings. The number of nitrogens with zero attached hydrogens (tertiary/aromatic N) is 6. The van der Waals surface area contributed by atoms with Crippen molar-refractivity contribution in [3.63, 3.8) is 0 Å². The topological polar surface area (TPSA) is 53.5 Å². The van der Waals surface area contributed by atoms with Crippen LogP contribution in [0.3, 0.4) is 0 Å². The van der Waals surface area contributed by atoms with Gasteiger partial charge < -0.3 is 13.8 Å². The molecule has 0 bridgehead atoms. The molecule has 7 heteroatoms. The Kier molecular flexibility index (Phi) is 2.63. The summed E-state index contributed by atoms with van der Waals surface area (Å²) in [6.07, 6.45) is 18.4. The molecule has 0 unspecified atom stereocenters. The Balaban J connectivity index is 2.04. The molecule has 0 atom stereocenters. The lowest BCUT2D eigenvalue weighted by Gasteiger charge is -2.43. The van der Waals surface area contributed by atoms with E-state index in [1.165, 1.54) is 5.47 Å². The molecule has 0 amide bonds. The Bertz CT molecular complexity index is 683. The fourth-order valence-electron chi connectivity index (χ4n) is 3.11. The molecular weight excluding hydrogens is 263 g/mol. The second-order valence-electron chi connectivity index (χ2n) is 5.07. The van der Waals surface area contributed by atoms with Crippen LogP contribution in [-0.2, 0) is 0 Å². The van der Waals surface area contributed by atoms with Crippen molar-refractivity contribution in [1.29, 1.82) is 0 Å². The normalized spacial score (nSPS) is 14.6. The van der Waals surface area contributed by atoms with Crippen molar-refractivity contribution in [2.24, 2.45) is 0 Å². The van der Waals surface area contributed by atoms with Crippen molar-refractivity contribution in [2.75, 3.05) is 0 Å². The summed E-state index contributed by atoms with van der Waals surface area (Å²) in [6, 6.07) is 5.77. The maximum atomic E-state index is 4.50. The van der Waals surface area contributed by atoms with Crippen LogP contribution in [0.1, 0.15) is 6.42 Å². The Morgan fingerprint density at radius 3 is 1.67 bits per heavy atom. The highest BCUT2D eigenvalue weighted by atomic mass is 15.5. The van der Waals surface area contributed by atoms with Gasteiger partial charge >= 0.3 is 6.55 Å². The van der Waals surface area contributed by atoms with Crippen LogP contribution in [0.15, 0.2) is 79.1 Å². The molecule has 0 saturated heterocycles. The van der Waals surface area contributed by atoms with Crippen LogP contribution in [-0.4, -0.2) is 35.6 Å². The van der Waals surface area contributed by atoms with Crippen molar-refractivity contribution >= 4 is 6.55 Å². The second-order valence-corrected chi connectivity index (χ2v) is 5.07. The smallest absolute Gasteiger partial charge is 0.365 e. The summed E-state index contributed by atoms with van der Waals surface area (Å²) < 4.78 is 5.83. The summed E-state index contributed by atoms with van der Waals surface area (Å²) in [6.45, 7) is -1.58. The zero-order chi connectivity index (χ0) is 14.1. The van der Waals surface area contributed by atoms with E-state index in [0.29, 0.717) is 0 Å². The molecular formula is C14H14BN6-. The Hall–Kier alpha value is -2.83. The standard InChI is InChI=1S/C14H14BN6/c1-2-7-14(6-1)15(19-11-3-8-16-19,20-12-4-9-17-20)21-13-5-10-18-21/h1-6,8-13H,7H2/q-1. The maximum Gasteiger partial charge on any atom is 0.365 e. The first-order valence-corrected chi connectivity index (χ1v) is 6.93. The molecule has 0 fully saturated rings.